The molecular formula is C26H30FN3O. The van der Waals surface area contributed by atoms with Crippen LogP contribution in [0.2, 0.25) is 0 Å². The molecule has 31 heavy (non-hydrogen) atoms. The van der Waals surface area contributed by atoms with Crippen LogP contribution < -0.4 is 4.90 Å². The number of carbonyl (C=O) groups excluding carboxylic acids is 1. The summed E-state index contributed by atoms with van der Waals surface area (Å²) in [5.41, 5.74) is 4.39. The van der Waals surface area contributed by atoms with Gasteiger partial charge in [0, 0.05) is 35.8 Å². The standard InChI is InChI=1S/C26H30FN3O/c27-22-8-3-9-23-26(22)21(18-28-23)19-12-16-29(17-13-19)14-5-11-25(31)30-15-4-7-20-6-1-2-10-24(20)30/h1-3,6,8-10,18-19,28H,4-5,7,11-17H2. The van der Waals surface area contributed by atoms with Crippen molar-refractivity contribution in [2.45, 2.75) is 44.4 Å². The molecule has 5 rings (SSSR count). The highest BCUT2D eigenvalue weighted by atomic mass is 19.1. The summed E-state index contributed by atoms with van der Waals surface area (Å²) in [5.74, 6) is 0.513. The maximum absolute atomic E-state index is 14.3. The maximum atomic E-state index is 14.3. The van der Waals surface area contributed by atoms with Crippen LogP contribution in [0.25, 0.3) is 10.9 Å². The first kappa shape index (κ1) is 20.3. The molecule has 0 spiro atoms. The van der Waals surface area contributed by atoms with E-state index in [-0.39, 0.29) is 11.7 Å². The van der Waals surface area contributed by atoms with Crippen molar-refractivity contribution in [1.29, 1.82) is 0 Å². The number of carbonyl (C=O) groups is 1. The number of halogens is 1. The van der Waals surface area contributed by atoms with E-state index in [1.54, 1.807) is 12.1 Å². The zero-order valence-corrected chi connectivity index (χ0v) is 17.9. The largest absolute Gasteiger partial charge is 0.361 e. The number of nitrogens with one attached hydrogen (secondary N) is 1. The normalized spacial score (nSPS) is 17.8. The second kappa shape index (κ2) is 8.83. The number of para-hydroxylation sites is 1. The highest BCUT2D eigenvalue weighted by Gasteiger charge is 2.25. The Bertz CT molecular complexity index is 1070. The summed E-state index contributed by atoms with van der Waals surface area (Å²) in [6.07, 6.45) is 7.67. The van der Waals surface area contributed by atoms with Crippen molar-refractivity contribution < 1.29 is 9.18 Å². The van der Waals surface area contributed by atoms with E-state index in [0.29, 0.717) is 12.3 Å². The van der Waals surface area contributed by atoms with Crippen LogP contribution in [0, 0.1) is 5.82 Å². The minimum absolute atomic E-state index is 0.131. The monoisotopic (exact) mass is 419 g/mol. The van der Waals surface area contributed by atoms with E-state index in [0.717, 1.165) is 80.4 Å². The van der Waals surface area contributed by atoms with Crippen LogP contribution >= 0.6 is 0 Å². The number of piperidine rings is 1. The van der Waals surface area contributed by atoms with Gasteiger partial charge < -0.3 is 14.8 Å². The Kier molecular flexibility index (Phi) is 5.77. The third-order valence-electron chi connectivity index (χ3n) is 6.99. The smallest absolute Gasteiger partial charge is 0.227 e. The van der Waals surface area contributed by atoms with E-state index >= 15 is 0 Å². The molecule has 0 bridgehead atoms. The molecule has 3 aromatic rings. The number of aromatic nitrogens is 1. The summed E-state index contributed by atoms with van der Waals surface area (Å²) in [7, 11) is 0. The number of rotatable bonds is 5. The maximum Gasteiger partial charge on any atom is 0.227 e. The van der Waals surface area contributed by atoms with Gasteiger partial charge in [0.1, 0.15) is 5.82 Å². The second-order valence-corrected chi connectivity index (χ2v) is 8.90. The van der Waals surface area contributed by atoms with Crippen LogP contribution in [-0.4, -0.2) is 42.0 Å². The highest BCUT2D eigenvalue weighted by molar-refractivity contribution is 5.94. The number of likely N-dealkylation sites (tertiary alicyclic amines) is 1. The number of hydrogen-bond donors (Lipinski definition) is 1. The molecule has 4 nitrogen and oxygen atoms in total. The van der Waals surface area contributed by atoms with Crippen molar-refractivity contribution in [3.8, 4) is 0 Å². The van der Waals surface area contributed by atoms with Crippen molar-refractivity contribution in [2.75, 3.05) is 31.1 Å². The summed E-state index contributed by atoms with van der Waals surface area (Å²) < 4.78 is 14.3. The van der Waals surface area contributed by atoms with Crippen molar-refractivity contribution in [2.24, 2.45) is 0 Å². The molecule has 1 amide bonds. The molecule has 0 atom stereocenters. The highest BCUT2D eigenvalue weighted by Crippen LogP contribution is 2.34. The van der Waals surface area contributed by atoms with Gasteiger partial charge in [-0.05, 0) is 87.0 Å². The molecule has 2 aliphatic heterocycles. The van der Waals surface area contributed by atoms with Crippen LogP contribution in [0.3, 0.4) is 0 Å². The van der Waals surface area contributed by atoms with E-state index in [1.807, 2.05) is 23.2 Å². The number of nitrogens with zero attached hydrogens (tertiary/aromatic N) is 2. The van der Waals surface area contributed by atoms with Gasteiger partial charge in [-0.3, -0.25) is 4.79 Å². The summed E-state index contributed by atoms with van der Waals surface area (Å²) in [4.78, 5) is 20.5. The molecule has 0 radical (unpaired) electrons. The van der Waals surface area contributed by atoms with E-state index < -0.39 is 0 Å². The molecule has 0 aliphatic carbocycles. The number of amides is 1. The van der Waals surface area contributed by atoms with Gasteiger partial charge >= 0.3 is 0 Å². The van der Waals surface area contributed by atoms with Crippen LogP contribution in [0.15, 0.2) is 48.7 Å². The van der Waals surface area contributed by atoms with Crippen LogP contribution in [0.4, 0.5) is 10.1 Å². The lowest BCUT2D eigenvalue weighted by Crippen LogP contribution is -2.37. The molecule has 0 saturated carbocycles. The number of H-pyrrole nitrogens is 1. The van der Waals surface area contributed by atoms with Crippen molar-refractivity contribution in [3.05, 3.63) is 65.6 Å². The summed E-state index contributed by atoms with van der Waals surface area (Å²) in [5, 5.41) is 0.758. The van der Waals surface area contributed by atoms with Crippen LogP contribution in [-0.2, 0) is 11.2 Å². The molecule has 1 aromatic heterocycles. The summed E-state index contributed by atoms with van der Waals surface area (Å²) >= 11 is 0. The number of benzene rings is 2. The Morgan fingerprint density at radius 1 is 1.06 bits per heavy atom. The third-order valence-corrected chi connectivity index (χ3v) is 6.99. The van der Waals surface area contributed by atoms with Gasteiger partial charge in [0.15, 0.2) is 0 Å². The SMILES string of the molecule is O=C(CCCN1CCC(c2c[nH]c3cccc(F)c23)CC1)N1CCCc2ccccc21. The van der Waals surface area contributed by atoms with Gasteiger partial charge in [-0.2, -0.15) is 0 Å². The summed E-state index contributed by atoms with van der Waals surface area (Å²) in [6.45, 7) is 3.80. The van der Waals surface area contributed by atoms with Gasteiger partial charge in [-0.25, -0.2) is 4.39 Å². The molecule has 1 saturated heterocycles. The molecule has 2 aromatic carbocycles. The number of hydrogen-bond acceptors (Lipinski definition) is 2. The predicted molar refractivity (Wildman–Crippen MR) is 123 cm³/mol. The van der Waals surface area contributed by atoms with Crippen molar-refractivity contribution >= 4 is 22.5 Å². The number of aromatic amines is 1. The molecule has 5 heteroatoms. The number of aryl methyl sites for hydroxylation is 1. The second-order valence-electron chi connectivity index (χ2n) is 8.90. The zero-order chi connectivity index (χ0) is 21.2. The van der Waals surface area contributed by atoms with E-state index in [2.05, 4.69) is 28.1 Å². The summed E-state index contributed by atoms with van der Waals surface area (Å²) in [6, 6.07) is 13.5. The van der Waals surface area contributed by atoms with E-state index in [4.69, 9.17) is 0 Å². The molecule has 162 valence electrons. The topological polar surface area (TPSA) is 39.3 Å². The molecule has 2 aliphatic rings. The third kappa shape index (κ3) is 4.11. The fourth-order valence-corrected chi connectivity index (χ4v) is 5.34. The van der Waals surface area contributed by atoms with Crippen LogP contribution in [0.1, 0.15) is 49.1 Å². The quantitative estimate of drug-likeness (QED) is 0.614. The van der Waals surface area contributed by atoms with Crippen molar-refractivity contribution in [3.63, 3.8) is 0 Å². The van der Waals surface area contributed by atoms with Gasteiger partial charge in [0.05, 0.1) is 0 Å². The van der Waals surface area contributed by atoms with E-state index in [9.17, 15) is 9.18 Å². The average molecular weight is 420 g/mol. The first-order chi connectivity index (χ1) is 15.2. The van der Waals surface area contributed by atoms with Crippen LogP contribution in [0.5, 0.6) is 0 Å². The lowest BCUT2D eigenvalue weighted by atomic mass is 9.89. The fourth-order valence-electron chi connectivity index (χ4n) is 5.34. The average Bonchev–Trinajstić information content (AvgIpc) is 3.25. The Balaban J connectivity index is 1.12. The minimum atomic E-state index is -0.131. The Morgan fingerprint density at radius 3 is 2.77 bits per heavy atom. The zero-order valence-electron chi connectivity index (χ0n) is 17.9. The number of fused-ring (bicyclic) bond motifs is 2. The molecule has 3 heterocycles. The van der Waals surface area contributed by atoms with Crippen molar-refractivity contribution in [1.82, 2.24) is 9.88 Å². The molecule has 1 fully saturated rings. The molecular weight excluding hydrogens is 389 g/mol. The first-order valence-electron chi connectivity index (χ1n) is 11.6. The van der Waals surface area contributed by atoms with Gasteiger partial charge in [0.25, 0.3) is 0 Å². The Hall–Kier alpha value is -2.66. The predicted octanol–water partition coefficient (Wildman–Crippen LogP) is 5.25. The van der Waals surface area contributed by atoms with Gasteiger partial charge in [0.2, 0.25) is 5.91 Å². The van der Waals surface area contributed by atoms with Gasteiger partial charge in [-0.15, -0.1) is 0 Å². The first-order valence-corrected chi connectivity index (χ1v) is 11.6. The van der Waals surface area contributed by atoms with E-state index in [1.165, 1.54) is 5.56 Å². The molecule has 0 unspecified atom stereocenters. The Morgan fingerprint density at radius 2 is 1.90 bits per heavy atom. The fraction of sp³-hybridized carbons (Fsp3) is 0.423. The molecule has 1 N–H and O–H groups in total. The minimum Gasteiger partial charge on any atom is -0.361 e. The number of anilines is 1. The Labute approximate surface area is 183 Å². The van der Waals surface area contributed by atoms with Gasteiger partial charge in [-0.1, -0.05) is 24.3 Å². The lowest BCUT2D eigenvalue weighted by Gasteiger charge is -2.32. The lowest BCUT2D eigenvalue weighted by molar-refractivity contribution is -0.118.